The van der Waals surface area contributed by atoms with Crippen LogP contribution in [0.25, 0.3) is 10.9 Å². The standard InChI is InChI=1S/C19H19N3O/c23-19-13-22(16-6-8-20-9-7-16)12-15(19)11-14-5-10-21-18-4-2-1-3-17(14)18/h1-10,15,19,23H,11-13H2/t15-,19+/m1/s1. The van der Waals surface area contributed by atoms with Gasteiger partial charge in [0.05, 0.1) is 11.6 Å². The molecule has 116 valence electrons. The van der Waals surface area contributed by atoms with Crippen molar-refractivity contribution in [3.8, 4) is 0 Å². The summed E-state index contributed by atoms with van der Waals surface area (Å²) in [4.78, 5) is 10.7. The summed E-state index contributed by atoms with van der Waals surface area (Å²) < 4.78 is 0. The van der Waals surface area contributed by atoms with Gasteiger partial charge >= 0.3 is 0 Å². The van der Waals surface area contributed by atoms with Gasteiger partial charge in [-0.25, -0.2) is 0 Å². The maximum Gasteiger partial charge on any atom is 0.0763 e. The van der Waals surface area contributed by atoms with Crippen LogP contribution in [0, 0.1) is 5.92 Å². The fraction of sp³-hybridized carbons (Fsp3) is 0.263. The van der Waals surface area contributed by atoms with Gasteiger partial charge in [0.1, 0.15) is 0 Å². The Morgan fingerprint density at radius 3 is 2.70 bits per heavy atom. The Morgan fingerprint density at radius 2 is 1.83 bits per heavy atom. The molecule has 0 radical (unpaired) electrons. The summed E-state index contributed by atoms with van der Waals surface area (Å²) in [6.07, 6.45) is 6.01. The van der Waals surface area contributed by atoms with Crippen LogP contribution in [0.1, 0.15) is 5.56 Å². The summed E-state index contributed by atoms with van der Waals surface area (Å²) in [6, 6.07) is 14.3. The Hall–Kier alpha value is -2.46. The molecule has 0 bridgehead atoms. The number of β-amino-alcohol motifs (C(OH)–C–C–N with tert-alkyl or cyclic N) is 1. The number of aliphatic hydroxyl groups excluding tert-OH is 1. The first-order chi connectivity index (χ1) is 11.3. The number of anilines is 1. The van der Waals surface area contributed by atoms with E-state index in [1.807, 2.05) is 36.5 Å². The van der Waals surface area contributed by atoms with E-state index in [1.165, 1.54) is 10.9 Å². The van der Waals surface area contributed by atoms with E-state index in [0.29, 0.717) is 6.54 Å². The molecule has 1 aliphatic rings. The Balaban J connectivity index is 1.57. The lowest BCUT2D eigenvalue weighted by atomic mass is 9.94. The van der Waals surface area contributed by atoms with Crippen LogP contribution >= 0.6 is 0 Å². The van der Waals surface area contributed by atoms with E-state index in [4.69, 9.17) is 0 Å². The molecule has 1 fully saturated rings. The van der Waals surface area contributed by atoms with Crippen LogP contribution in [0.3, 0.4) is 0 Å². The zero-order valence-electron chi connectivity index (χ0n) is 12.8. The van der Waals surface area contributed by atoms with Crippen LogP contribution in [-0.2, 0) is 6.42 Å². The molecule has 0 saturated carbocycles. The Bertz CT molecular complexity index is 801. The van der Waals surface area contributed by atoms with Gasteiger partial charge in [-0.3, -0.25) is 9.97 Å². The number of para-hydroxylation sites is 1. The first-order valence-corrected chi connectivity index (χ1v) is 7.97. The average Bonchev–Trinajstić information content (AvgIpc) is 2.97. The van der Waals surface area contributed by atoms with Gasteiger partial charge in [0, 0.05) is 48.7 Å². The third-order valence-corrected chi connectivity index (χ3v) is 4.66. The summed E-state index contributed by atoms with van der Waals surface area (Å²) in [6.45, 7) is 1.54. The minimum Gasteiger partial charge on any atom is -0.391 e. The smallest absolute Gasteiger partial charge is 0.0763 e. The molecule has 2 atom stereocenters. The van der Waals surface area contributed by atoms with E-state index < -0.39 is 0 Å². The molecular formula is C19H19N3O. The molecule has 1 aromatic carbocycles. The molecule has 0 unspecified atom stereocenters. The number of benzene rings is 1. The number of rotatable bonds is 3. The number of fused-ring (bicyclic) bond motifs is 1. The van der Waals surface area contributed by atoms with Gasteiger partial charge in [0.2, 0.25) is 0 Å². The molecule has 0 amide bonds. The Morgan fingerprint density at radius 1 is 1.00 bits per heavy atom. The molecule has 0 spiro atoms. The normalized spacial score (nSPS) is 21.0. The van der Waals surface area contributed by atoms with Crippen LogP contribution in [0.2, 0.25) is 0 Å². The van der Waals surface area contributed by atoms with Crippen molar-refractivity contribution in [1.29, 1.82) is 0 Å². The highest BCUT2D eigenvalue weighted by Crippen LogP contribution is 2.28. The number of hydrogen-bond acceptors (Lipinski definition) is 4. The molecule has 1 N–H and O–H groups in total. The zero-order valence-corrected chi connectivity index (χ0v) is 12.8. The minimum atomic E-state index is -0.310. The van der Waals surface area contributed by atoms with Crippen molar-refractivity contribution < 1.29 is 5.11 Å². The van der Waals surface area contributed by atoms with Crippen molar-refractivity contribution in [2.24, 2.45) is 5.92 Å². The molecule has 23 heavy (non-hydrogen) atoms. The third-order valence-electron chi connectivity index (χ3n) is 4.66. The SMILES string of the molecule is O[C@H]1CN(c2ccncc2)C[C@H]1Cc1ccnc2ccccc12. The molecular weight excluding hydrogens is 286 g/mol. The van der Waals surface area contributed by atoms with Crippen molar-refractivity contribution >= 4 is 16.6 Å². The van der Waals surface area contributed by atoms with Crippen LogP contribution in [0.15, 0.2) is 61.1 Å². The lowest BCUT2D eigenvalue weighted by Crippen LogP contribution is -2.20. The molecule has 1 saturated heterocycles. The quantitative estimate of drug-likeness (QED) is 0.808. The van der Waals surface area contributed by atoms with E-state index in [2.05, 4.69) is 27.0 Å². The summed E-state index contributed by atoms with van der Waals surface area (Å²) >= 11 is 0. The second kappa shape index (κ2) is 5.97. The summed E-state index contributed by atoms with van der Waals surface area (Å²) in [5, 5.41) is 11.7. The molecule has 3 heterocycles. The lowest BCUT2D eigenvalue weighted by molar-refractivity contribution is 0.148. The highest BCUT2D eigenvalue weighted by molar-refractivity contribution is 5.81. The minimum absolute atomic E-state index is 0.231. The van der Waals surface area contributed by atoms with Gasteiger partial charge in [-0.2, -0.15) is 0 Å². The largest absolute Gasteiger partial charge is 0.391 e. The average molecular weight is 305 g/mol. The third kappa shape index (κ3) is 2.78. The van der Waals surface area contributed by atoms with Crippen molar-refractivity contribution in [3.63, 3.8) is 0 Å². The number of aliphatic hydroxyl groups is 1. The molecule has 1 aliphatic heterocycles. The first kappa shape index (κ1) is 14.2. The van der Waals surface area contributed by atoms with Gasteiger partial charge in [0.15, 0.2) is 0 Å². The first-order valence-electron chi connectivity index (χ1n) is 7.97. The van der Waals surface area contributed by atoms with Gasteiger partial charge in [-0.15, -0.1) is 0 Å². The van der Waals surface area contributed by atoms with E-state index >= 15 is 0 Å². The predicted molar refractivity (Wildman–Crippen MR) is 91.4 cm³/mol. The molecule has 4 rings (SSSR count). The van der Waals surface area contributed by atoms with Crippen LogP contribution in [-0.4, -0.2) is 34.3 Å². The van der Waals surface area contributed by atoms with E-state index in [9.17, 15) is 5.11 Å². The number of nitrogens with zero attached hydrogens (tertiary/aromatic N) is 3. The molecule has 4 nitrogen and oxygen atoms in total. The number of pyridine rings is 2. The topological polar surface area (TPSA) is 49.2 Å². The van der Waals surface area contributed by atoms with E-state index in [-0.39, 0.29) is 12.0 Å². The van der Waals surface area contributed by atoms with Gasteiger partial charge < -0.3 is 10.0 Å². The van der Waals surface area contributed by atoms with Crippen molar-refractivity contribution in [1.82, 2.24) is 9.97 Å². The maximum absolute atomic E-state index is 10.5. The summed E-state index contributed by atoms with van der Waals surface area (Å²) in [5.74, 6) is 0.231. The molecule has 0 aliphatic carbocycles. The number of hydrogen-bond donors (Lipinski definition) is 1. The van der Waals surface area contributed by atoms with Crippen molar-refractivity contribution in [3.05, 3.63) is 66.6 Å². The highest BCUT2D eigenvalue weighted by atomic mass is 16.3. The fourth-order valence-electron chi connectivity index (χ4n) is 3.44. The highest BCUT2D eigenvalue weighted by Gasteiger charge is 2.31. The van der Waals surface area contributed by atoms with Crippen LogP contribution < -0.4 is 4.90 Å². The Labute approximate surface area is 135 Å². The van der Waals surface area contributed by atoms with Crippen molar-refractivity contribution in [2.75, 3.05) is 18.0 Å². The fourth-order valence-corrected chi connectivity index (χ4v) is 3.44. The van der Waals surface area contributed by atoms with Crippen LogP contribution in [0.4, 0.5) is 5.69 Å². The predicted octanol–water partition coefficient (Wildman–Crippen LogP) is 2.67. The molecule has 3 aromatic rings. The molecule has 2 aromatic heterocycles. The van der Waals surface area contributed by atoms with Crippen LogP contribution in [0.5, 0.6) is 0 Å². The second-order valence-electron chi connectivity index (χ2n) is 6.13. The van der Waals surface area contributed by atoms with E-state index in [0.717, 1.165) is 24.2 Å². The van der Waals surface area contributed by atoms with Crippen molar-refractivity contribution in [2.45, 2.75) is 12.5 Å². The Kier molecular flexibility index (Phi) is 3.67. The second-order valence-corrected chi connectivity index (χ2v) is 6.13. The molecule has 4 heteroatoms. The maximum atomic E-state index is 10.5. The zero-order chi connectivity index (χ0) is 15.6. The number of aromatic nitrogens is 2. The summed E-state index contributed by atoms with van der Waals surface area (Å²) in [5.41, 5.74) is 3.40. The van der Waals surface area contributed by atoms with Gasteiger partial charge in [-0.1, -0.05) is 18.2 Å². The van der Waals surface area contributed by atoms with Gasteiger partial charge in [0.25, 0.3) is 0 Å². The van der Waals surface area contributed by atoms with Gasteiger partial charge in [-0.05, 0) is 36.2 Å². The lowest BCUT2D eigenvalue weighted by Gasteiger charge is -2.18. The summed E-state index contributed by atoms with van der Waals surface area (Å²) in [7, 11) is 0. The monoisotopic (exact) mass is 305 g/mol. The van der Waals surface area contributed by atoms with E-state index in [1.54, 1.807) is 12.4 Å².